The summed E-state index contributed by atoms with van der Waals surface area (Å²) in [6, 6.07) is 5.51. The van der Waals surface area contributed by atoms with Crippen LogP contribution in [0.15, 0.2) is 45.9 Å². The monoisotopic (exact) mass is 374 g/mol. The van der Waals surface area contributed by atoms with E-state index in [1.54, 1.807) is 0 Å². The van der Waals surface area contributed by atoms with Crippen molar-refractivity contribution in [1.82, 2.24) is 4.98 Å². The molecule has 0 aliphatic carbocycles. The van der Waals surface area contributed by atoms with Gasteiger partial charge in [-0.2, -0.15) is 0 Å². The van der Waals surface area contributed by atoms with Crippen LogP contribution in [0.1, 0.15) is 10.5 Å². The van der Waals surface area contributed by atoms with Gasteiger partial charge in [-0.3, -0.25) is 4.72 Å². The van der Waals surface area contributed by atoms with Gasteiger partial charge in [0.25, 0.3) is 10.0 Å². The Kier molecular flexibility index (Phi) is 4.24. The van der Waals surface area contributed by atoms with Crippen LogP contribution in [0.25, 0.3) is 0 Å². The number of halogens is 2. The summed E-state index contributed by atoms with van der Waals surface area (Å²) in [5.41, 5.74) is -0.257. The van der Waals surface area contributed by atoms with Gasteiger partial charge in [-0.1, -0.05) is 0 Å². The molecule has 0 saturated carbocycles. The maximum absolute atomic E-state index is 13.0. The second-order valence-corrected chi connectivity index (χ2v) is 6.42. The average molecular weight is 375 g/mol. The number of aromatic carboxylic acids is 1. The first-order valence-electron chi connectivity index (χ1n) is 5.47. The highest BCUT2D eigenvalue weighted by Gasteiger charge is 2.19. The fraction of sp³-hybridized carbons (Fsp3) is 0. The molecule has 0 amide bonds. The van der Waals surface area contributed by atoms with Crippen molar-refractivity contribution in [1.29, 1.82) is 0 Å². The summed E-state index contributed by atoms with van der Waals surface area (Å²) < 4.78 is 39.6. The Balaban J connectivity index is 2.37. The van der Waals surface area contributed by atoms with Crippen LogP contribution < -0.4 is 4.72 Å². The molecule has 0 aliphatic rings. The van der Waals surface area contributed by atoms with E-state index in [9.17, 15) is 17.6 Å². The Labute approximate surface area is 127 Å². The molecule has 2 rings (SSSR count). The van der Waals surface area contributed by atoms with E-state index in [-0.39, 0.29) is 20.7 Å². The normalized spacial score (nSPS) is 11.1. The van der Waals surface area contributed by atoms with Crippen molar-refractivity contribution in [2.45, 2.75) is 4.90 Å². The lowest BCUT2D eigenvalue weighted by atomic mass is 10.3. The van der Waals surface area contributed by atoms with Gasteiger partial charge in [-0.05, 0) is 46.3 Å². The smallest absolute Gasteiger partial charge is 0.354 e. The van der Waals surface area contributed by atoms with Gasteiger partial charge < -0.3 is 5.11 Å². The van der Waals surface area contributed by atoms with E-state index in [2.05, 4.69) is 25.6 Å². The minimum atomic E-state index is -3.99. The Bertz CT molecular complexity index is 811. The van der Waals surface area contributed by atoms with Crippen molar-refractivity contribution in [3.63, 3.8) is 0 Å². The van der Waals surface area contributed by atoms with Crippen LogP contribution in [0, 0.1) is 5.82 Å². The SMILES string of the molecule is O=C(O)c1cc(NS(=O)(=O)c2ccc(F)cc2Br)ccn1. The number of pyridine rings is 1. The molecule has 2 N–H and O–H groups in total. The fourth-order valence-electron chi connectivity index (χ4n) is 1.51. The van der Waals surface area contributed by atoms with Crippen LogP contribution in [0.3, 0.4) is 0 Å². The summed E-state index contributed by atoms with van der Waals surface area (Å²) in [5.74, 6) is -1.86. The lowest BCUT2D eigenvalue weighted by molar-refractivity contribution is 0.0690. The van der Waals surface area contributed by atoms with Crippen LogP contribution in [0.2, 0.25) is 0 Å². The van der Waals surface area contributed by atoms with Gasteiger partial charge in [0, 0.05) is 10.7 Å². The maximum Gasteiger partial charge on any atom is 0.354 e. The van der Waals surface area contributed by atoms with Crippen molar-refractivity contribution in [2.24, 2.45) is 0 Å². The highest BCUT2D eigenvalue weighted by atomic mass is 79.9. The predicted molar refractivity (Wildman–Crippen MR) is 76.1 cm³/mol. The zero-order chi connectivity index (χ0) is 15.6. The quantitative estimate of drug-likeness (QED) is 0.856. The van der Waals surface area contributed by atoms with Gasteiger partial charge in [-0.25, -0.2) is 22.6 Å². The number of carboxylic acids is 1. The minimum Gasteiger partial charge on any atom is -0.477 e. The number of sulfonamides is 1. The average Bonchev–Trinajstić information content (AvgIpc) is 2.37. The minimum absolute atomic E-state index is 0.0404. The van der Waals surface area contributed by atoms with Gasteiger partial charge in [0.15, 0.2) is 0 Å². The third-order valence-corrected chi connectivity index (χ3v) is 4.77. The fourth-order valence-corrected chi connectivity index (χ4v) is 3.61. The van der Waals surface area contributed by atoms with Crippen LogP contribution in [-0.4, -0.2) is 24.5 Å². The largest absolute Gasteiger partial charge is 0.477 e. The molecule has 110 valence electrons. The highest BCUT2D eigenvalue weighted by molar-refractivity contribution is 9.10. The predicted octanol–water partition coefficient (Wildman–Crippen LogP) is 2.48. The molecule has 0 unspecified atom stereocenters. The van der Waals surface area contributed by atoms with E-state index in [0.717, 1.165) is 24.3 Å². The molecule has 1 aromatic heterocycles. The number of nitrogens with one attached hydrogen (secondary N) is 1. The number of anilines is 1. The molecule has 0 aliphatic heterocycles. The Morgan fingerprint density at radius 2 is 2.00 bits per heavy atom. The van der Waals surface area contributed by atoms with Crippen LogP contribution >= 0.6 is 15.9 Å². The molecule has 1 heterocycles. The van der Waals surface area contributed by atoms with Gasteiger partial charge >= 0.3 is 5.97 Å². The van der Waals surface area contributed by atoms with Crippen LogP contribution in [0.4, 0.5) is 10.1 Å². The summed E-state index contributed by atoms with van der Waals surface area (Å²) in [5, 5.41) is 8.81. The van der Waals surface area contributed by atoms with Gasteiger partial charge in [0.1, 0.15) is 16.4 Å². The van der Waals surface area contributed by atoms with Crippen LogP contribution in [-0.2, 0) is 10.0 Å². The number of rotatable bonds is 4. The lowest BCUT2D eigenvalue weighted by Gasteiger charge is -2.09. The van der Waals surface area contributed by atoms with Crippen molar-refractivity contribution in [3.05, 3.63) is 52.5 Å². The van der Waals surface area contributed by atoms with Crippen molar-refractivity contribution >= 4 is 37.6 Å². The van der Waals surface area contributed by atoms with Crippen molar-refractivity contribution < 1.29 is 22.7 Å². The molecular formula is C12H8BrFN2O4S. The summed E-state index contributed by atoms with van der Waals surface area (Å²) in [6.45, 7) is 0. The molecule has 0 atom stereocenters. The molecule has 6 nitrogen and oxygen atoms in total. The first-order valence-corrected chi connectivity index (χ1v) is 7.74. The molecular weight excluding hydrogens is 367 g/mol. The first-order chi connectivity index (χ1) is 9.79. The molecule has 0 spiro atoms. The standard InChI is InChI=1S/C12H8BrFN2O4S/c13-9-5-7(14)1-2-11(9)21(19,20)16-8-3-4-15-10(6-8)12(17)18/h1-6H,(H,15,16)(H,17,18). The Morgan fingerprint density at radius 3 is 2.62 bits per heavy atom. The maximum atomic E-state index is 13.0. The Hall–Kier alpha value is -2.00. The second-order valence-electron chi connectivity index (χ2n) is 3.92. The van der Waals surface area contributed by atoms with Crippen LogP contribution in [0.5, 0.6) is 0 Å². The van der Waals surface area contributed by atoms with E-state index < -0.39 is 21.8 Å². The number of carbonyl (C=O) groups is 1. The number of aromatic nitrogens is 1. The van der Waals surface area contributed by atoms with Crippen molar-refractivity contribution in [3.8, 4) is 0 Å². The van der Waals surface area contributed by atoms with E-state index in [4.69, 9.17) is 5.11 Å². The molecule has 2 aromatic rings. The summed E-state index contributed by atoms with van der Waals surface area (Å²) in [7, 11) is -3.99. The topological polar surface area (TPSA) is 96.4 Å². The van der Waals surface area contributed by atoms with E-state index in [0.29, 0.717) is 0 Å². The molecule has 0 fully saturated rings. The van der Waals surface area contributed by atoms with E-state index >= 15 is 0 Å². The zero-order valence-corrected chi connectivity index (χ0v) is 12.6. The summed E-state index contributed by atoms with van der Waals surface area (Å²) in [6.07, 6.45) is 1.17. The van der Waals surface area contributed by atoms with E-state index in [1.807, 2.05) is 0 Å². The van der Waals surface area contributed by atoms with Gasteiger partial charge in [0.05, 0.1) is 5.69 Å². The first kappa shape index (κ1) is 15.4. The summed E-state index contributed by atoms with van der Waals surface area (Å²) in [4.78, 5) is 14.2. The Morgan fingerprint density at radius 1 is 1.29 bits per heavy atom. The molecule has 0 bridgehead atoms. The highest BCUT2D eigenvalue weighted by Crippen LogP contribution is 2.25. The van der Waals surface area contributed by atoms with E-state index in [1.165, 1.54) is 12.3 Å². The third-order valence-electron chi connectivity index (χ3n) is 2.41. The third kappa shape index (κ3) is 3.56. The lowest BCUT2D eigenvalue weighted by Crippen LogP contribution is -2.14. The number of hydrogen-bond donors (Lipinski definition) is 2. The molecule has 0 radical (unpaired) electrons. The molecule has 21 heavy (non-hydrogen) atoms. The molecule has 0 saturated heterocycles. The number of benzene rings is 1. The van der Waals surface area contributed by atoms with Crippen molar-refractivity contribution in [2.75, 3.05) is 4.72 Å². The number of hydrogen-bond acceptors (Lipinski definition) is 4. The second kappa shape index (κ2) is 5.78. The molecule has 1 aromatic carbocycles. The van der Waals surface area contributed by atoms with Gasteiger partial charge in [-0.15, -0.1) is 0 Å². The number of carboxylic acid groups (broad SMARTS) is 1. The number of nitrogens with zero attached hydrogens (tertiary/aromatic N) is 1. The van der Waals surface area contributed by atoms with Gasteiger partial charge in [0.2, 0.25) is 0 Å². The summed E-state index contributed by atoms with van der Waals surface area (Å²) >= 11 is 2.97. The molecule has 9 heteroatoms. The zero-order valence-electron chi connectivity index (χ0n) is 10.2.